The van der Waals surface area contributed by atoms with Crippen LogP contribution in [0.25, 0.3) is 10.4 Å². The van der Waals surface area contributed by atoms with Gasteiger partial charge in [-0.15, -0.1) is 11.3 Å². The van der Waals surface area contributed by atoms with Gasteiger partial charge in [0.15, 0.2) is 0 Å². The van der Waals surface area contributed by atoms with Crippen LogP contribution in [-0.2, 0) is 0 Å². The Balaban J connectivity index is 2.58. The minimum absolute atomic E-state index is 0.0611. The zero-order chi connectivity index (χ0) is 11.7. The van der Waals surface area contributed by atoms with E-state index in [1.165, 1.54) is 11.4 Å². The van der Waals surface area contributed by atoms with E-state index in [0.29, 0.717) is 10.4 Å². The molecule has 2 rings (SSSR count). The number of nitrogens with zero attached hydrogens (tertiary/aromatic N) is 1. The summed E-state index contributed by atoms with van der Waals surface area (Å²) in [6.45, 7) is 0. The Labute approximate surface area is 94.9 Å². The number of phenolic OH excluding ortho intramolecular Hbond substituents is 1. The fraction of sp³-hybridized carbons (Fsp3) is 0. The molecule has 0 fully saturated rings. The molecule has 82 valence electrons. The second kappa shape index (κ2) is 3.82. The fourth-order valence-electron chi connectivity index (χ4n) is 1.37. The number of rotatable bonds is 2. The monoisotopic (exact) mass is 236 g/mol. The first kappa shape index (κ1) is 10.4. The Morgan fingerprint density at radius 1 is 1.38 bits per heavy atom. The highest BCUT2D eigenvalue weighted by Crippen LogP contribution is 2.42. The second-order valence-corrected chi connectivity index (χ2v) is 4.02. The number of para-hydroxylation sites is 1. The summed E-state index contributed by atoms with van der Waals surface area (Å²) in [5, 5.41) is 21.6. The van der Waals surface area contributed by atoms with Gasteiger partial charge in [0, 0.05) is 5.56 Å². The van der Waals surface area contributed by atoms with Gasteiger partial charge in [-0.3, -0.25) is 10.1 Å². The summed E-state index contributed by atoms with van der Waals surface area (Å²) in [6, 6.07) is 6.60. The molecular weight excluding hydrogens is 228 g/mol. The molecule has 0 aliphatic heterocycles. The van der Waals surface area contributed by atoms with Crippen LogP contribution in [0.3, 0.4) is 0 Å². The van der Waals surface area contributed by atoms with E-state index in [0.717, 1.165) is 11.3 Å². The second-order valence-electron chi connectivity index (χ2n) is 3.14. The van der Waals surface area contributed by atoms with Crippen molar-refractivity contribution in [2.24, 2.45) is 0 Å². The average molecular weight is 236 g/mol. The Bertz CT molecular complexity index is 551. The summed E-state index contributed by atoms with van der Waals surface area (Å²) >= 11 is 1.15. The average Bonchev–Trinajstić information content (AvgIpc) is 2.61. The fourth-order valence-corrected chi connectivity index (χ4v) is 2.35. The van der Waals surface area contributed by atoms with E-state index in [1.807, 2.05) is 0 Å². The Morgan fingerprint density at radius 3 is 2.62 bits per heavy atom. The van der Waals surface area contributed by atoms with Crippen LogP contribution >= 0.6 is 11.3 Å². The van der Waals surface area contributed by atoms with Gasteiger partial charge in [0.2, 0.25) is 0 Å². The van der Waals surface area contributed by atoms with Crippen LogP contribution in [0.15, 0.2) is 29.6 Å². The summed E-state index contributed by atoms with van der Waals surface area (Å²) in [5.41, 5.74) is 6.15. The molecule has 0 atom stereocenters. The van der Waals surface area contributed by atoms with Crippen LogP contribution in [-0.4, -0.2) is 10.0 Å². The number of thiophene rings is 1. The van der Waals surface area contributed by atoms with Gasteiger partial charge in [-0.1, -0.05) is 12.1 Å². The van der Waals surface area contributed by atoms with E-state index in [4.69, 9.17) is 5.73 Å². The van der Waals surface area contributed by atoms with Gasteiger partial charge in [0.25, 0.3) is 0 Å². The quantitative estimate of drug-likeness (QED) is 0.619. The molecule has 1 heterocycles. The standard InChI is InChI=1S/C10H8N2O3S/c11-9-7(12(14)15)5-16-10(9)6-3-1-2-4-8(6)13/h1-5,13H,11H2. The van der Waals surface area contributed by atoms with Crippen molar-refractivity contribution >= 4 is 22.7 Å². The van der Waals surface area contributed by atoms with Crippen molar-refractivity contribution in [1.82, 2.24) is 0 Å². The van der Waals surface area contributed by atoms with Crippen molar-refractivity contribution in [1.29, 1.82) is 0 Å². The predicted molar refractivity (Wildman–Crippen MR) is 62.5 cm³/mol. The molecule has 5 nitrogen and oxygen atoms in total. The molecule has 16 heavy (non-hydrogen) atoms. The molecule has 0 aliphatic carbocycles. The van der Waals surface area contributed by atoms with E-state index in [1.54, 1.807) is 18.2 Å². The number of benzene rings is 1. The van der Waals surface area contributed by atoms with Gasteiger partial charge in [-0.2, -0.15) is 0 Å². The molecule has 1 aromatic carbocycles. The lowest BCUT2D eigenvalue weighted by Crippen LogP contribution is -1.92. The summed E-state index contributed by atoms with van der Waals surface area (Å²) in [4.78, 5) is 10.6. The molecule has 0 spiro atoms. The first-order valence-electron chi connectivity index (χ1n) is 4.41. The molecule has 3 N–H and O–H groups in total. The van der Waals surface area contributed by atoms with Crippen LogP contribution in [0.4, 0.5) is 11.4 Å². The molecule has 0 saturated heterocycles. The summed E-state index contributed by atoms with van der Waals surface area (Å²) in [7, 11) is 0. The Hall–Kier alpha value is -2.08. The van der Waals surface area contributed by atoms with Crippen molar-refractivity contribution < 1.29 is 10.0 Å². The number of nitrogens with two attached hydrogens (primary N) is 1. The number of anilines is 1. The Kier molecular flexibility index (Phi) is 2.49. The predicted octanol–water partition coefficient (Wildman–Crippen LogP) is 2.61. The zero-order valence-electron chi connectivity index (χ0n) is 8.08. The van der Waals surface area contributed by atoms with Crippen LogP contribution < -0.4 is 5.73 Å². The maximum atomic E-state index is 10.6. The highest BCUT2D eigenvalue weighted by atomic mass is 32.1. The van der Waals surface area contributed by atoms with E-state index in [-0.39, 0.29) is 17.1 Å². The van der Waals surface area contributed by atoms with Gasteiger partial charge >= 0.3 is 5.69 Å². The Morgan fingerprint density at radius 2 is 2.06 bits per heavy atom. The molecule has 1 aromatic heterocycles. The first-order valence-corrected chi connectivity index (χ1v) is 5.29. The molecule has 0 aliphatic rings. The topological polar surface area (TPSA) is 89.4 Å². The normalized spacial score (nSPS) is 10.2. The van der Waals surface area contributed by atoms with Crippen LogP contribution in [0.2, 0.25) is 0 Å². The summed E-state index contributed by atoms with van der Waals surface area (Å²) in [6.07, 6.45) is 0. The molecule has 0 saturated carbocycles. The summed E-state index contributed by atoms with van der Waals surface area (Å²) in [5.74, 6) is 0.0611. The lowest BCUT2D eigenvalue weighted by molar-refractivity contribution is -0.383. The number of hydrogen-bond donors (Lipinski definition) is 2. The van der Waals surface area contributed by atoms with Crippen LogP contribution in [0.5, 0.6) is 5.75 Å². The maximum Gasteiger partial charge on any atom is 0.303 e. The van der Waals surface area contributed by atoms with Gasteiger partial charge in [0.1, 0.15) is 11.4 Å². The highest BCUT2D eigenvalue weighted by molar-refractivity contribution is 7.14. The maximum absolute atomic E-state index is 10.6. The van der Waals surface area contributed by atoms with Crippen molar-refractivity contribution in [2.75, 3.05) is 5.73 Å². The molecule has 0 amide bonds. The van der Waals surface area contributed by atoms with Gasteiger partial charge < -0.3 is 10.8 Å². The highest BCUT2D eigenvalue weighted by Gasteiger charge is 2.20. The third kappa shape index (κ3) is 1.59. The van der Waals surface area contributed by atoms with Gasteiger partial charge in [-0.05, 0) is 12.1 Å². The molecule has 0 radical (unpaired) electrons. The number of nitrogen functional groups attached to an aromatic ring is 1. The minimum Gasteiger partial charge on any atom is -0.507 e. The van der Waals surface area contributed by atoms with E-state index >= 15 is 0 Å². The van der Waals surface area contributed by atoms with E-state index < -0.39 is 4.92 Å². The lowest BCUT2D eigenvalue weighted by atomic mass is 10.1. The van der Waals surface area contributed by atoms with Gasteiger partial charge in [-0.25, -0.2) is 0 Å². The lowest BCUT2D eigenvalue weighted by Gasteiger charge is -2.01. The largest absolute Gasteiger partial charge is 0.507 e. The van der Waals surface area contributed by atoms with Crippen molar-refractivity contribution in [3.63, 3.8) is 0 Å². The SMILES string of the molecule is Nc1c([N+](=O)[O-])csc1-c1ccccc1O. The first-order chi connectivity index (χ1) is 7.61. The molecule has 0 bridgehead atoms. The van der Waals surface area contributed by atoms with Gasteiger partial charge in [0.05, 0.1) is 15.2 Å². The van der Waals surface area contributed by atoms with Crippen molar-refractivity contribution in [3.05, 3.63) is 39.8 Å². The van der Waals surface area contributed by atoms with Crippen LogP contribution in [0, 0.1) is 10.1 Å². The minimum atomic E-state index is -0.532. The van der Waals surface area contributed by atoms with E-state index in [9.17, 15) is 15.2 Å². The number of hydrogen-bond acceptors (Lipinski definition) is 5. The third-order valence-electron chi connectivity index (χ3n) is 2.15. The van der Waals surface area contributed by atoms with Crippen molar-refractivity contribution in [2.45, 2.75) is 0 Å². The zero-order valence-corrected chi connectivity index (χ0v) is 8.90. The molecular formula is C10H8N2O3S. The molecule has 6 heteroatoms. The molecule has 0 unspecified atom stereocenters. The van der Waals surface area contributed by atoms with Crippen molar-refractivity contribution in [3.8, 4) is 16.2 Å². The number of phenols is 1. The smallest absolute Gasteiger partial charge is 0.303 e. The third-order valence-corrected chi connectivity index (χ3v) is 3.17. The number of aromatic hydroxyl groups is 1. The molecule has 2 aromatic rings. The number of nitro groups is 1. The summed E-state index contributed by atoms with van der Waals surface area (Å²) < 4.78 is 0. The van der Waals surface area contributed by atoms with Crippen LogP contribution in [0.1, 0.15) is 0 Å². The van der Waals surface area contributed by atoms with E-state index in [2.05, 4.69) is 0 Å².